The van der Waals surface area contributed by atoms with Crippen LogP contribution in [-0.4, -0.2) is 43.4 Å². The van der Waals surface area contributed by atoms with Gasteiger partial charge in [0.15, 0.2) is 17.5 Å². The summed E-state index contributed by atoms with van der Waals surface area (Å²) in [6.45, 7) is 1.49. The molecule has 1 aromatic rings. The molecule has 4 unspecified atom stereocenters. The number of aryl methyl sites for hydroxylation is 1. The molecule has 0 aliphatic carbocycles. The average molecular weight is 232 g/mol. The van der Waals surface area contributed by atoms with Gasteiger partial charge >= 0.3 is 0 Å². The van der Waals surface area contributed by atoms with E-state index < -0.39 is 0 Å². The summed E-state index contributed by atoms with van der Waals surface area (Å²) < 4.78 is 12.1. The van der Waals surface area contributed by atoms with Crippen LogP contribution in [0.25, 0.3) is 0 Å². The minimum absolute atomic E-state index is 0.821. The van der Waals surface area contributed by atoms with Gasteiger partial charge in [0.25, 0.3) is 0 Å². The molecule has 0 aromatic heterocycles. The molecule has 4 rings (SSSR count). The fraction of sp³-hybridized carbons (Fsp3) is 0.571. The van der Waals surface area contributed by atoms with Crippen LogP contribution in [-0.2, 0) is 6.42 Å². The Morgan fingerprint density at radius 2 is 2.00 bits per heavy atom. The van der Waals surface area contributed by atoms with E-state index in [0.717, 1.165) is 29.6 Å². The van der Waals surface area contributed by atoms with Crippen molar-refractivity contribution in [3.05, 3.63) is 23.8 Å². The molecular formula is C14H18NO2+. The third-order valence-corrected chi connectivity index (χ3v) is 4.95. The topological polar surface area (TPSA) is 18.5 Å². The van der Waals surface area contributed by atoms with Crippen molar-refractivity contribution in [2.24, 2.45) is 0 Å². The lowest BCUT2D eigenvalue weighted by atomic mass is 10.0. The Labute approximate surface area is 102 Å². The van der Waals surface area contributed by atoms with Crippen LogP contribution in [0.4, 0.5) is 0 Å². The van der Waals surface area contributed by atoms with Gasteiger partial charge in [-0.2, -0.15) is 0 Å². The van der Waals surface area contributed by atoms with Gasteiger partial charge in [0.2, 0.25) is 6.04 Å². The lowest BCUT2D eigenvalue weighted by Gasteiger charge is -2.09. The summed E-state index contributed by atoms with van der Waals surface area (Å²) in [5.41, 5.74) is 1.37. The molecule has 3 saturated heterocycles. The number of fused-ring (bicyclic) bond motifs is 1. The van der Waals surface area contributed by atoms with Crippen molar-refractivity contribution >= 4 is 0 Å². The van der Waals surface area contributed by atoms with Crippen molar-refractivity contribution in [1.82, 2.24) is 0 Å². The van der Waals surface area contributed by atoms with Gasteiger partial charge < -0.3 is 9.47 Å². The Morgan fingerprint density at radius 1 is 1.24 bits per heavy atom. The molecule has 1 aromatic carbocycles. The maximum atomic E-state index is 5.33. The van der Waals surface area contributed by atoms with Crippen molar-refractivity contribution in [2.45, 2.75) is 31.0 Å². The first-order chi connectivity index (χ1) is 8.31. The zero-order valence-corrected chi connectivity index (χ0v) is 10.3. The highest BCUT2D eigenvalue weighted by Gasteiger charge is 3.04. The highest BCUT2D eigenvalue weighted by atomic mass is 16.5. The molecule has 3 heterocycles. The van der Waals surface area contributed by atoms with Gasteiger partial charge in [-0.05, 0) is 24.1 Å². The van der Waals surface area contributed by atoms with Gasteiger partial charge in [0, 0.05) is 6.42 Å². The van der Waals surface area contributed by atoms with Crippen molar-refractivity contribution in [1.29, 1.82) is 0 Å². The predicted octanol–water partition coefficient (Wildman–Crippen LogP) is 1.60. The smallest absolute Gasteiger partial charge is 0.201 e. The Balaban J connectivity index is 1.42. The van der Waals surface area contributed by atoms with Crippen LogP contribution in [0.15, 0.2) is 18.2 Å². The highest BCUT2D eigenvalue weighted by Crippen LogP contribution is 2.76. The Hall–Kier alpha value is -1.22. The predicted molar refractivity (Wildman–Crippen MR) is 64.4 cm³/mol. The quantitative estimate of drug-likeness (QED) is 0.567. The second-order valence-corrected chi connectivity index (χ2v) is 5.53. The maximum absolute atomic E-state index is 5.33. The first-order valence-corrected chi connectivity index (χ1v) is 6.39. The van der Waals surface area contributed by atoms with E-state index >= 15 is 0 Å². The van der Waals surface area contributed by atoms with E-state index in [2.05, 4.69) is 12.1 Å². The summed E-state index contributed by atoms with van der Waals surface area (Å²) in [4.78, 5) is 0. The molecule has 0 radical (unpaired) electrons. The van der Waals surface area contributed by atoms with E-state index in [1.54, 1.807) is 14.2 Å². The Bertz CT molecular complexity index is 487. The van der Waals surface area contributed by atoms with Crippen LogP contribution in [0.3, 0.4) is 0 Å². The largest absolute Gasteiger partial charge is 0.493 e. The summed E-state index contributed by atoms with van der Waals surface area (Å²) in [5.74, 6) is 1.67. The fourth-order valence-electron chi connectivity index (χ4n) is 3.67. The molecule has 4 atom stereocenters. The number of methoxy groups -OCH3 is 2. The van der Waals surface area contributed by atoms with E-state index in [0.29, 0.717) is 0 Å². The first kappa shape index (κ1) is 9.77. The Morgan fingerprint density at radius 3 is 2.59 bits per heavy atom. The van der Waals surface area contributed by atoms with Gasteiger partial charge in [-0.25, -0.2) is 0 Å². The number of rotatable bonds is 5. The zero-order valence-electron chi connectivity index (χ0n) is 10.3. The van der Waals surface area contributed by atoms with Gasteiger partial charge in [0.1, 0.15) is 12.6 Å². The van der Waals surface area contributed by atoms with Crippen LogP contribution in [0.5, 0.6) is 11.5 Å². The summed E-state index contributed by atoms with van der Waals surface area (Å²) in [7, 11) is 3.38. The summed E-state index contributed by atoms with van der Waals surface area (Å²) >= 11 is 0. The average Bonchev–Trinajstić information content (AvgIpc) is 3.26. The molecule has 3 aliphatic rings. The van der Waals surface area contributed by atoms with Crippen LogP contribution in [0.2, 0.25) is 0 Å². The van der Waals surface area contributed by atoms with Crippen LogP contribution in [0.1, 0.15) is 12.0 Å². The molecule has 0 bridgehead atoms. The number of ether oxygens (including phenoxy) is 2. The second-order valence-electron chi connectivity index (χ2n) is 5.53. The van der Waals surface area contributed by atoms with Crippen molar-refractivity contribution in [2.75, 3.05) is 20.8 Å². The molecule has 1 spiro atoms. The van der Waals surface area contributed by atoms with Crippen LogP contribution in [0, 0.1) is 0 Å². The Kier molecular flexibility index (Phi) is 1.70. The van der Waals surface area contributed by atoms with Crippen molar-refractivity contribution in [3.63, 3.8) is 0 Å². The standard InChI is InChI=1S/C14H18NO2/c1-16-12-6-4-9(7-13(12)17-2)3-5-10-14-11-8-15(10,11)14/h4,6-7,10-11,14H,3,5,8H2,1-2H3/q+1. The number of quaternary nitrogens is 1. The molecule has 0 saturated carbocycles. The number of benzene rings is 1. The minimum Gasteiger partial charge on any atom is -0.493 e. The van der Waals surface area contributed by atoms with E-state index in [9.17, 15) is 0 Å². The molecule has 3 fully saturated rings. The van der Waals surface area contributed by atoms with E-state index in [1.165, 1.54) is 29.4 Å². The van der Waals surface area contributed by atoms with Crippen molar-refractivity contribution < 1.29 is 14.0 Å². The normalized spacial score (nSPS) is 39.1. The summed E-state index contributed by atoms with van der Waals surface area (Å²) in [5, 5.41) is 0. The lowest BCUT2D eigenvalue weighted by molar-refractivity contribution is -0.606. The van der Waals surface area contributed by atoms with E-state index in [4.69, 9.17) is 9.47 Å². The SMILES string of the molecule is COc1ccc(CCC2C3C4C[N+]243)cc1OC. The molecule has 3 heteroatoms. The molecule has 3 aliphatic heterocycles. The zero-order chi connectivity index (χ0) is 11.6. The van der Waals surface area contributed by atoms with Crippen molar-refractivity contribution in [3.8, 4) is 11.5 Å². The molecule has 90 valence electrons. The number of hydrogen-bond donors (Lipinski definition) is 0. The first-order valence-electron chi connectivity index (χ1n) is 6.39. The second kappa shape index (κ2) is 2.96. The third-order valence-electron chi connectivity index (χ3n) is 4.95. The van der Waals surface area contributed by atoms with Gasteiger partial charge in [0.05, 0.1) is 14.2 Å². The molecule has 0 amide bonds. The van der Waals surface area contributed by atoms with Gasteiger partial charge in [-0.3, -0.25) is 4.48 Å². The lowest BCUT2D eigenvalue weighted by Crippen LogP contribution is -2.07. The summed E-state index contributed by atoms with van der Waals surface area (Å²) in [6, 6.07) is 9.50. The molecule has 3 nitrogen and oxygen atoms in total. The van der Waals surface area contributed by atoms with E-state index in [1.807, 2.05) is 6.07 Å². The van der Waals surface area contributed by atoms with Gasteiger partial charge in [-0.15, -0.1) is 0 Å². The van der Waals surface area contributed by atoms with Crippen LogP contribution < -0.4 is 9.47 Å². The van der Waals surface area contributed by atoms with E-state index in [-0.39, 0.29) is 0 Å². The van der Waals surface area contributed by atoms with Gasteiger partial charge in [-0.1, -0.05) is 6.07 Å². The molecule has 17 heavy (non-hydrogen) atoms. The third kappa shape index (κ3) is 1.15. The maximum Gasteiger partial charge on any atom is 0.201 e. The summed E-state index contributed by atoms with van der Waals surface area (Å²) in [6.07, 6.45) is 2.52. The molecule has 0 N–H and O–H groups in total. The highest BCUT2D eigenvalue weighted by molar-refractivity contribution is 5.43. The van der Waals surface area contributed by atoms with Crippen LogP contribution >= 0.6 is 0 Å². The minimum atomic E-state index is 0.821. The monoisotopic (exact) mass is 232 g/mol. The number of nitrogens with zero attached hydrogens (tertiary/aromatic N) is 1. The number of hydrogen-bond acceptors (Lipinski definition) is 2. The molecular weight excluding hydrogens is 214 g/mol. The fourth-order valence-corrected chi connectivity index (χ4v) is 3.67.